The number of benzene rings is 2. The summed E-state index contributed by atoms with van der Waals surface area (Å²) < 4.78 is 45.7. The molecule has 0 saturated carbocycles. The van der Waals surface area contributed by atoms with Crippen LogP contribution >= 0.6 is 0 Å². The van der Waals surface area contributed by atoms with E-state index in [1.54, 1.807) is 13.8 Å². The average molecular weight is 337 g/mol. The van der Waals surface area contributed by atoms with E-state index >= 15 is 0 Å². The molecule has 0 spiro atoms. The van der Waals surface area contributed by atoms with Crippen molar-refractivity contribution in [3.8, 4) is 5.75 Å². The Morgan fingerprint density at radius 1 is 1.09 bits per heavy atom. The average Bonchev–Trinajstić information content (AvgIpc) is 2.55. The maximum Gasteiger partial charge on any atom is 0.243 e. The normalized spacial score (nSPS) is 11.7. The fourth-order valence-electron chi connectivity index (χ4n) is 2.21. The highest BCUT2D eigenvalue weighted by Gasteiger charge is 2.24. The van der Waals surface area contributed by atoms with Gasteiger partial charge in [-0.05, 0) is 24.6 Å². The topological polar surface area (TPSA) is 46.6 Å². The van der Waals surface area contributed by atoms with Gasteiger partial charge in [0.1, 0.15) is 0 Å². The molecule has 124 valence electrons. The van der Waals surface area contributed by atoms with Gasteiger partial charge in [0.2, 0.25) is 10.0 Å². The molecule has 0 saturated heterocycles. The Morgan fingerprint density at radius 2 is 1.78 bits per heavy atom. The van der Waals surface area contributed by atoms with Gasteiger partial charge in [-0.1, -0.05) is 37.3 Å². The Morgan fingerprint density at radius 3 is 2.39 bits per heavy atom. The number of nitrogens with zero attached hydrogens (tertiary/aromatic N) is 1. The number of hydrogen-bond donors (Lipinski definition) is 0. The molecule has 0 atom stereocenters. The van der Waals surface area contributed by atoms with Gasteiger partial charge in [0.15, 0.2) is 11.6 Å². The van der Waals surface area contributed by atoms with E-state index in [1.807, 2.05) is 30.3 Å². The van der Waals surface area contributed by atoms with Crippen LogP contribution in [0.5, 0.6) is 5.75 Å². The van der Waals surface area contributed by atoms with Crippen molar-refractivity contribution in [3.05, 3.63) is 59.9 Å². The summed E-state index contributed by atoms with van der Waals surface area (Å²) in [6.07, 6.45) is 0. The van der Waals surface area contributed by atoms with Crippen LogP contribution in [0, 0.1) is 5.82 Å². The summed E-state index contributed by atoms with van der Waals surface area (Å²) in [5, 5.41) is 0. The lowest BCUT2D eigenvalue weighted by Crippen LogP contribution is -2.30. The van der Waals surface area contributed by atoms with Gasteiger partial charge < -0.3 is 4.74 Å². The molecule has 23 heavy (non-hydrogen) atoms. The molecule has 0 aliphatic carbocycles. The summed E-state index contributed by atoms with van der Waals surface area (Å²) in [5.74, 6) is -0.624. The third-order valence-corrected chi connectivity index (χ3v) is 5.31. The van der Waals surface area contributed by atoms with Crippen molar-refractivity contribution in [2.45, 2.75) is 25.3 Å². The molecule has 2 aromatic carbocycles. The molecule has 0 aliphatic heterocycles. The van der Waals surface area contributed by atoms with Crippen LogP contribution in [0.2, 0.25) is 0 Å². The standard InChI is InChI=1S/C17H20FNO3S/c1-3-19(13-14-8-6-5-7-9-14)23(20,21)15-10-11-16(18)17(12-15)22-4-2/h5-12H,3-4,13H2,1-2H3. The maximum atomic E-state index is 13.6. The highest BCUT2D eigenvalue weighted by molar-refractivity contribution is 7.89. The van der Waals surface area contributed by atoms with Gasteiger partial charge >= 0.3 is 0 Å². The molecule has 0 unspecified atom stereocenters. The summed E-state index contributed by atoms with van der Waals surface area (Å²) in [4.78, 5) is 0.0279. The van der Waals surface area contributed by atoms with Crippen molar-refractivity contribution in [1.29, 1.82) is 0 Å². The summed E-state index contributed by atoms with van der Waals surface area (Å²) >= 11 is 0. The third kappa shape index (κ3) is 4.09. The molecule has 0 bridgehead atoms. The first-order valence-corrected chi connectivity index (χ1v) is 8.89. The van der Waals surface area contributed by atoms with Crippen LogP contribution in [0.3, 0.4) is 0 Å². The van der Waals surface area contributed by atoms with E-state index in [0.717, 1.165) is 11.6 Å². The lowest BCUT2D eigenvalue weighted by molar-refractivity contribution is 0.320. The Kier molecular flexibility index (Phi) is 5.74. The Labute approximate surface area is 136 Å². The van der Waals surface area contributed by atoms with E-state index in [-0.39, 0.29) is 23.8 Å². The van der Waals surface area contributed by atoms with Crippen molar-refractivity contribution in [2.75, 3.05) is 13.2 Å². The van der Waals surface area contributed by atoms with Gasteiger partial charge in [0.05, 0.1) is 11.5 Å². The van der Waals surface area contributed by atoms with Gasteiger partial charge in [-0.15, -0.1) is 0 Å². The second-order valence-corrected chi connectivity index (χ2v) is 6.88. The van der Waals surface area contributed by atoms with Crippen LogP contribution < -0.4 is 4.74 Å². The monoisotopic (exact) mass is 337 g/mol. The van der Waals surface area contributed by atoms with Crippen molar-refractivity contribution in [2.24, 2.45) is 0 Å². The Balaban J connectivity index is 2.33. The molecule has 4 nitrogen and oxygen atoms in total. The van der Waals surface area contributed by atoms with Crippen LogP contribution in [0.4, 0.5) is 4.39 Å². The molecule has 0 N–H and O–H groups in total. The zero-order valence-corrected chi connectivity index (χ0v) is 14.0. The van der Waals surface area contributed by atoms with E-state index in [0.29, 0.717) is 6.54 Å². The number of sulfonamides is 1. The van der Waals surface area contributed by atoms with Crippen LogP contribution in [-0.2, 0) is 16.6 Å². The minimum atomic E-state index is -3.72. The van der Waals surface area contributed by atoms with Crippen molar-refractivity contribution < 1.29 is 17.5 Å². The minimum absolute atomic E-state index is 0.0279. The van der Waals surface area contributed by atoms with E-state index in [9.17, 15) is 12.8 Å². The molecule has 2 aromatic rings. The van der Waals surface area contributed by atoms with Crippen molar-refractivity contribution in [3.63, 3.8) is 0 Å². The van der Waals surface area contributed by atoms with Gasteiger partial charge in [0, 0.05) is 19.2 Å². The Bertz CT molecular complexity index is 748. The highest BCUT2D eigenvalue weighted by atomic mass is 32.2. The highest BCUT2D eigenvalue weighted by Crippen LogP contribution is 2.25. The predicted octanol–water partition coefficient (Wildman–Crippen LogP) is 3.44. The zero-order chi connectivity index (χ0) is 16.9. The lowest BCUT2D eigenvalue weighted by Gasteiger charge is -2.21. The second-order valence-electron chi connectivity index (χ2n) is 4.94. The van der Waals surface area contributed by atoms with Gasteiger partial charge in [0.25, 0.3) is 0 Å². The first-order valence-electron chi connectivity index (χ1n) is 7.45. The molecule has 0 amide bonds. The fraction of sp³-hybridized carbons (Fsp3) is 0.294. The smallest absolute Gasteiger partial charge is 0.243 e. The quantitative estimate of drug-likeness (QED) is 0.777. The lowest BCUT2D eigenvalue weighted by atomic mass is 10.2. The minimum Gasteiger partial charge on any atom is -0.491 e. The van der Waals surface area contributed by atoms with Crippen LogP contribution in [0.15, 0.2) is 53.4 Å². The first-order chi connectivity index (χ1) is 11.0. The number of hydrogen-bond acceptors (Lipinski definition) is 3. The molecule has 0 fully saturated rings. The van der Waals surface area contributed by atoms with Crippen molar-refractivity contribution >= 4 is 10.0 Å². The third-order valence-electron chi connectivity index (χ3n) is 3.39. The second kappa shape index (κ2) is 7.57. The van der Waals surface area contributed by atoms with Crippen LogP contribution in [-0.4, -0.2) is 25.9 Å². The molecule has 0 aromatic heterocycles. The van der Waals surface area contributed by atoms with E-state index in [4.69, 9.17) is 4.74 Å². The molecular formula is C17H20FNO3S. The van der Waals surface area contributed by atoms with Gasteiger partial charge in [-0.25, -0.2) is 12.8 Å². The molecule has 0 radical (unpaired) electrons. The summed E-state index contributed by atoms with van der Waals surface area (Å²) in [7, 11) is -3.72. The SMILES string of the molecule is CCOc1cc(S(=O)(=O)N(CC)Cc2ccccc2)ccc1F. The molecule has 0 aliphatic rings. The number of halogens is 1. The summed E-state index contributed by atoms with van der Waals surface area (Å²) in [6, 6.07) is 13.0. The van der Waals surface area contributed by atoms with E-state index in [2.05, 4.69) is 0 Å². The number of ether oxygens (including phenoxy) is 1. The van der Waals surface area contributed by atoms with Crippen LogP contribution in [0.25, 0.3) is 0 Å². The van der Waals surface area contributed by atoms with Crippen LogP contribution in [0.1, 0.15) is 19.4 Å². The number of rotatable bonds is 7. The predicted molar refractivity (Wildman–Crippen MR) is 87.3 cm³/mol. The maximum absolute atomic E-state index is 13.6. The van der Waals surface area contributed by atoms with E-state index < -0.39 is 15.8 Å². The van der Waals surface area contributed by atoms with E-state index in [1.165, 1.54) is 16.4 Å². The summed E-state index contributed by atoms with van der Waals surface area (Å²) in [6.45, 7) is 4.34. The largest absolute Gasteiger partial charge is 0.491 e. The molecule has 0 heterocycles. The molecule has 2 rings (SSSR count). The summed E-state index contributed by atoms with van der Waals surface area (Å²) in [5.41, 5.74) is 0.894. The molecular weight excluding hydrogens is 317 g/mol. The van der Waals surface area contributed by atoms with Gasteiger partial charge in [-0.2, -0.15) is 4.31 Å². The van der Waals surface area contributed by atoms with Gasteiger partial charge in [-0.3, -0.25) is 0 Å². The van der Waals surface area contributed by atoms with Crippen molar-refractivity contribution in [1.82, 2.24) is 4.31 Å². The molecule has 6 heteroatoms. The first kappa shape index (κ1) is 17.4. The zero-order valence-electron chi connectivity index (χ0n) is 13.2. The fourth-order valence-corrected chi connectivity index (χ4v) is 3.67. The Hall–Kier alpha value is -1.92.